The minimum atomic E-state index is -0.384. The highest BCUT2D eigenvalue weighted by molar-refractivity contribution is 5.54. The molecule has 24 heavy (non-hydrogen) atoms. The molecule has 1 aromatic heterocycles. The number of anilines is 3. The average molecular weight is 329 g/mol. The van der Waals surface area contributed by atoms with E-state index in [1.807, 2.05) is 13.1 Å². The van der Waals surface area contributed by atoms with E-state index in [4.69, 9.17) is 4.98 Å². The first-order valence-electron chi connectivity index (χ1n) is 9.43. The molecular weight excluding hydrogens is 302 g/mol. The minimum Gasteiger partial charge on any atom is -0.390 e. The number of aromatic nitrogens is 2. The van der Waals surface area contributed by atoms with Crippen LogP contribution in [0.3, 0.4) is 0 Å². The third-order valence-electron chi connectivity index (χ3n) is 6.69. The van der Waals surface area contributed by atoms with Crippen LogP contribution >= 0.6 is 0 Å². The molecule has 0 radical (unpaired) electrons. The Bertz CT molecular complexity index is 630. The summed E-state index contributed by atoms with van der Waals surface area (Å²) in [5, 5.41) is 17.6. The Morgan fingerprint density at radius 3 is 2.50 bits per heavy atom. The van der Waals surface area contributed by atoms with Gasteiger partial charge in [-0.05, 0) is 56.3 Å². The van der Waals surface area contributed by atoms with Gasteiger partial charge < -0.3 is 20.6 Å². The fraction of sp³-hybridized carbons (Fsp3) is 0.778. The van der Waals surface area contributed by atoms with Crippen LogP contribution in [0.4, 0.5) is 17.6 Å². The molecule has 1 saturated heterocycles. The van der Waals surface area contributed by atoms with Crippen LogP contribution in [0.2, 0.25) is 0 Å². The lowest BCUT2D eigenvalue weighted by Gasteiger charge is -2.58. The molecule has 0 spiro atoms. The SMILES string of the molecule is CNc1cc(N2CCC2)nc(NC2C3CC4CC2CC(O)(C4)C3)n1. The smallest absolute Gasteiger partial charge is 0.226 e. The molecule has 5 aliphatic rings. The highest BCUT2D eigenvalue weighted by Crippen LogP contribution is 2.56. The third kappa shape index (κ3) is 2.34. The maximum absolute atomic E-state index is 10.7. The van der Waals surface area contributed by atoms with Crippen molar-refractivity contribution in [3.63, 3.8) is 0 Å². The minimum absolute atomic E-state index is 0.384. The van der Waals surface area contributed by atoms with Gasteiger partial charge in [0.1, 0.15) is 11.6 Å². The fourth-order valence-corrected chi connectivity index (χ4v) is 5.70. The Hall–Kier alpha value is -1.56. The number of aliphatic hydroxyl groups is 1. The van der Waals surface area contributed by atoms with Crippen LogP contribution in [0.15, 0.2) is 6.07 Å². The van der Waals surface area contributed by atoms with Gasteiger partial charge in [0, 0.05) is 32.2 Å². The normalized spacial score (nSPS) is 39.7. The lowest BCUT2D eigenvalue weighted by molar-refractivity contribution is -0.129. The van der Waals surface area contributed by atoms with Crippen molar-refractivity contribution in [3.8, 4) is 0 Å². The maximum Gasteiger partial charge on any atom is 0.226 e. The van der Waals surface area contributed by atoms with Gasteiger partial charge in [-0.2, -0.15) is 9.97 Å². The summed E-state index contributed by atoms with van der Waals surface area (Å²) in [6.07, 6.45) is 6.67. The van der Waals surface area contributed by atoms with Crippen molar-refractivity contribution in [3.05, 3.63) is 6.07 Å². The van der Waals surface area contributed by atoms with Gasteiger partial charge in [0.25, 0.3) is 0 Å². The highest BCUT2D eigenvalue weighted by Gasteiger charge is 2.54. The van der Waals surface area contributed by atoms with E-state index >= 15 is 0 Å². The molecule has 2 atom stereocenters. The lowest BCUT2D eigenvalue weighted by Crippen LogP contribution is -2.59. The monoisotopic (exact) mass is 329 g/mol. The predicted octanol–water partition coefficient (Wildman–Crippen LogP) is 2.08. The molecule has 0 amide bonds. The quantitative estimate of drug-likeness (QED) is 0.785. The Morgan fingerprint density at radius 1 is 1.17 bits per heavy atom. The van der Waals surface area contributed by atoms with Gasteiger partial charge in [0.05, 0.1) is 5.60 Å². The molecule has 0 aromatic carbocycles. The summed E-state index contributed by atoms with van der Waals surface area (Å²) in [6, 6.07) is 2.45. The standard InChI is InChI=1S/C18H27N5O/c1-19-14-7-15(23-3-2-4-23)21-17(20-14)22-16-12-5-11-6-13(16)10-18(24,8-11)9-12/h7,11-13,16,24H,2-6,8-10H2,1H3,(H2,19,20,21,22). The van der Waals surface area contributed by atoms with Gasteiger partial charge in [-0.3, -0.25) is 0 Å². The highest BCUT2D eigenvalue weighted by atomic mass is 16.3. The summed E-state index contributed by atoms with van der Waals surface area (Å²) in [5.74, 6) is 4.49. The largest absolute Gasteiger partial charge is 0.390 e. The molecule has 1 aromatic rings. The summed E-state index contributed by atoms with van der Waals surface area (Å²) in [4.78, 5) is 11.7. The topological polar surface area (TPSA) is 73.3 Å². The van der Waals surface area contributed by atoms with Gasteiger partial charge in [-0.15, -0.1) is 0 Å². The van der Waals surface area contributed by atoms with E-state index < -0.39 is 0 Å². The molecule has 130 valence electrons. The Kier molecular flexibility index (Phi) is 3.21. The molecule has 5 fully saturated rings. The zero-order valence-electron chi connectivity index (χ0n) is 14.3. The second-order valence-electron chi connectivity index (χ2n) is 8.39. The second kappa shape index (κ2) is 5.22. The number of nitrogens with zero attached hydrogens (tertiary/aromatic N) is 3. The van der Waals surface area contributed by atoms with Crippen LogP contribution in [-0.4, -0.2) is 46.9 Å². The molecule has 2 unspecified atom stereocenters. The first-order chi connectivity index (χ1) is 11.6. The van der Waals surface area contributed by atoms with Crippen molar-refractivity contribution in [1.29, 1.82) is 0 Å². The molecule has 2 heterocycles. The van der Waals surface area contributed by atoms with Gasteiger partial charge in [0.2, 0.25) is 5.95 Å². The van der Waals surface area contributed by atoms with Crippen LogP contribution in [0.25, 0.3) is 0 Å². The van der Waals surface area contributed by atoms with Gasteiger partial charge in [0.15, 0.2) is 0 Å². The van der Waals surface area contributed by atoms with E-state index in [1.165, 1.54) is 19.3 Å². The van der Waals surface area contributed by atoms with Crippen LogP contribution in [0.5, 0.6) is 0 Å². The summed E-state index contributed by atoms with van der Waals surface area (Å²) in [7, 11) is 1.91. The number of hydrogen-bond donors (Lipinski definition) is 3. The van der Waals surface area contributed by atoms with Crippen molar-refractivity contribution >= 4 is 17.6 Å². The summed E-state index contributed by atoms with van der Waals surface area (Å²) in [5.41, 5.74) is -0.384. The summed E-state index contributed by atoms with van der Waals surface area (Å²) < 4.78 is 0. The van der Waals surface area contributed by atoms with Gasteiger partial charge in [-0.25, -0.2) is 0 Å². The molecule has 4 bridgehead atoms. The summed E-state index contributed by atoms with van der Waals surface area (Å²) in [6.45, 7) is 2.17. The van der Waals surface area contributed by atoms with Crippen molar-refractivity contribution in [2.75, 3.05) is 35.7 Å². The Balaban J connectivity index is 1.39. The van der Waals surface area contributed by atoms with E-state index in [0.29, 0.717) is 17.9 Å². The molecule has 4 saturated carbocycles. The van der Waals surface area contributed by atoms with Crippen LogP contribution in [0.1, 0.15) is 38.5 Å². The van der Waals surface area contributed by atoms with E-state index in [0.717, 1.165) is 55.9 Å². The van der Waals surface area contributed by atoms with E-state index in [-0.39, 0.29) is 5.60 Å². The predicted molar refractivity (Wildman–Crippen MR) is 94.3 cm³/mol. The molecule has 3 N–H and O–H groups in total. The molecule has 6 nitrogen and oxygen atoms in total. The van der Waals surface area contributed by atoms with Gasteiger partial charge in [-0.1, -0.05) is 0 Å². The number of rotatable bonds is 4. The van der Waals surface area contributed by atoms with Crippen LogP contribution in [0, 0.1) is 17.8 Å². The second-order valence-corrected chi connectivity index (χ2v) is 8.39. The zero-order chi connectivity index (χ0) is 16.3. The van der Waals surface area contributed by atoms with Crippen molar-refractivity contribution in [2.45, 2.75) is 50.2 Å². The fourth-order valence-electron chi connectivity index (χ4n) is 5.70. The molecule has 6 rings (SSSR count). The first kappa shape index (κ1) is 14.8. The van der Waals surface area contributed by atoms with Crippen LogP contribution in [-0.2, 0) is 0 Å². The number of nitrogens with one attached hydrogen (secondary N) is 2. The maximum atomic E-state index is 10.7. The zero-order valence-corrected chi connectivity index (χ0v) is 14.3. The van der Waals surface area contributed by atoms with E-state index in [1.54, 1.807) is 0 Å². The number of hydrogen-bond acceptors (Lipinski definition) is 6. The molecule has 1 aliphatic heterocycles. The average Bonchev–Trinajstić information content (AvgIpc) is 2.47. The third-order valence-corrected chi connectivity index (χ3v) is 6.69. The summed E-state index contributed by atoms with van der Waals surface area (Å²) >= 11 is 0. The lowest BCUT2D eigenvalue weighted by atomic mass is 9.52. The van der Waals surface area contributed by atoms with Crippen molar-refractivity contribution < 1.29 is 5.11 Å². The first-order valence-corrected chi connectivity index (χ1v) is 9.43. The Morgan fingerprint density at radius 2 is 1.92 bits per heavy atom. The van der Waals surface area contributed by atoms with Crippen molar-refractivity contribution in [1.82, 2.24) is 9.97 Å². The van der Waals surface area contributed by atoms with E-state index in [2.05, 4.69) is 20.5 Å². The van der Waals surface area contributed by atoms with E-state index in [9.17, 15) is 5.11 Å². The van der Waals surface area contributed by atoms with Crippen LogP contribution < -0.4 is 15.5 Å². The Labute approximate surface area is 143 Å². The molecule has 6 heteroatoms. The van der Waals surface area contributed by atoms with Crippen molar-refractivity contribution in [2.24, 2.45) is 17.8 Å². The van der Waals surface area contributed by atoms with Gasteiger partial charge >= 0.3 is 0 Å². The molecular formula is C18H27N5O. The molecule has 4 aliphatic carbocycles.